The van der Waals surface area contributed by atoms with E-state index in [2.05, 4.69) is 10.2 Å². The monoisotopic (exact) mass is 357 g/mol. The van der Waals surface area contributed by atoms with Gasteiger partial charge in [0.05, 0.1) is 18.4 Å². The molecule has 2 heterocycles. The molecule has 2 aromatic rings. The molecule has 1 atom stereocenters. The lowest BCUT2D eigenvalue weighted by Crippen LogP contribution is -2.32. The van der Waals surface area contributed by atoms with Gasteiger partial charge < -0.3 is 9.52 Å². The second-order valence-electron chi connectivity index (χ2n) is 5.26. The molecule has 1 amide bonds. The number of anilines is 1. The Morgan fingerprint density at radius 2 is 2.04 bits per heavy atom. The van der Waals surface area contributed by atoms with Gasteiger partial charge in [-0.15, -0.1) is 10.2 Å². The third kappa shape index (κ3) is 3.80. The molecule has 7 nitrogen and oxygen atoms in total. The lowest BCUT2D eigenvalue weighted by atomic mass is 10.2. The number of para-hydroxylation sites is 1. The predicted molar refractivity (Wildman–Crippen MR) is 95.9 cm³/mol. The summed E-state index contributed by atoms with van der Waals surface area (Å²) in [5.74, 6) is -0.773. The van der Waals surface area contributed by atoms with E-state index in [1.165, 1.54) is 11.2 Å². The largest absolute Gasteiger partial charge is 0.481 e. The zero-order valence-electron chi connectivity index (χ0n) is 13.3. The van der Waals surface area contributed by atoms with Crippen LogP contribution in [0, 0.1) is 0 Å². The van der Waals surface area contributed by atoms with Crippen LogP contribution in [0.2, 0.25) is 0 Å². The van der Waals surface area contributed by atoms with Crippen molar-refractivity contribution in [1.29, 1.82) is 0 Å². The summed E-state index contributed by atoms with van der Waals surface area (Å²) < 4.78 is 5.25. The molecule has 1 aromatic carbocycles. The third-order valence-corrected chi connectivity index (χ3v) is 4.60. The highest BCUT2D eigenvalue weighted by molar-refractivity contribution is 8.16. The van der Waals surface area contributed by atoms with Crippen LogP contribution in [-0.2, 0) is 9.59 Å². The van der Waals surface area contributed by atoms with Crippen LogP contribution in [0.1, 0.15) is 19.1 Å². The molecule has 1 aliphatic rings. The molecular formula is C17H15N3O4S. The first-order valence-corrected chi connectivity index (χ1v) is 8.38. The summed E-state index contributed by atoms with van der Waals surface area (Å²) in [6, 6.07) is 12.5. The fraction of sp³-hybridized carbons (Fsp3) is 0.176. The van der Waals surface area contributed by atoms with Gasteiger partial charge in [0.2, 0.25) is 5.91 Å². The van der Waals surface area contributed by atoms with Crippen LogP contribution in [-0.4, -0.2) is 33.1 Å². The minimum atomic E-state index is -1.03. The zero-order valence-corrected chi connectivity index (χ0v) is 14.1. The quantitative estimate of drug-likeness (QED) is 0.655. The number of carbonyl (C=O) groups is 2. The molecule has 0 radical (unpaired) electrons. The van der Waals surface area contributed by atoms with Crippen LogP contribution in [0.15, 0.2) is 63.3 Å². The average Bonchev–Trinajstić information content (AvgIpc) is 3.22. The normalized spacial score (nSPS) is 19.6. The lowest BCUT2D eigenvalue weighted by molar-refractivity contribution is -0.138. The zero-order chi connectivity index (χ0) is 17.8. The van der Waals surface area contributed by atoms with Gasteiger partial charge in [-0.05, 0) is 31.2 Å². The number of hydrogen-bond acceptors (Lipinski definition) is 6. The number of carbonyl (C=O) groups excluding carboxylic acids is 1. The van der Waals surface area contributed by atoms with Crippen molar-refractivity contribution in [3.05, 3.63) is 54.5 Å². The van der Waals surface area contributed by atoms with Crippen LogP contribution in [0.5, 0.6) is 0 Å². The molecular weight excluding hydrogens is 342 g/mol. The van der Waals surface area contributed by atoms with Gasteiger partial charge in [0.15, 0.2) is 5.17 Å². The Morgan fingerprint density at radius 1 is 1.28 bits per heavy atom. The maximum Gasteiger partial charge on any atom is 0.305 e. The van der Waals surface area contributed by atoms with Crippen molar-refractivity contribution in [3.8, 4) is 0 Å². The second kappa shape index (κ2) is 7.35. The van der Waals surface area contributed by atoms with Crippen LogP contribution in [0.4, 0.5) is 5.69 Å². The molecule has 0 aliphatic carbocycles. The Hall–Kier alpha value is -2.87. The van der Waals surface area contributed by atoms with Crippen molar-refractivity contribution in [1.82, 2.24) is 0 Å². The number of aliphatic carboxylic acids is 1. The van der Waals surface area contributed by atoms with E-state index in [4.69, 9.17) is 9.52 Å². The molecule has 1 aliphatic heterocycles. The summed E-state index contributed by atoms with van der Waals surface area (Å²) >= 11 is 1.10. The van der Waals surface area contributed by atoms with Gasteiger partial charge in [0.1, 0.15) is 16.7 Å². The Kier molecular flexibility index (Phi) is 4.99. The highest BCUT2D eigenvalue weighted by Crippen LogP contribution is 2.33. The van der Waals surface area contributed by atoms with E-state index in [0.29, 0.717) is 22.3 Å². The maximum atomic E-state index is 12.6. The van der Waals surface area contributed by atoms with Crippen LogP contribution in [0.25, 0.3) is 0 Å². The molecule has 0 spiro atoms. The van der Waals surface area contributed by atoms with E-state index in [0.717, 1.165) is 11.8 Å². The summed E-state index contributed by atoms with van der Waals surface area (Å²) in [5.41, 5.74) is 1.18. The highest BCUT2D eigenvalue weighted by atomic mass is 32.2. The Balaban J connectivity index is 1.94. The number of benzene rings is 1. The Labute approximate surface area is 148 Å². The Morgan fingerprint density at radius 3 is 2.68 bits per heavy atom. The fourth-order valence-electron chi connectivity index (χ4n) is 2.29. The summed E-state index contributed by atoms with van der Waals surface area (Å²) in [4.78, 5) is 25.0. The molecule has 1 saturated heterocycles. The molecule has 3 rings (SSSR count). The maximum absolute atomic E-state index is 12.6. The minimum Gasteiger partial charge on any atom is -0.481 e. The van der Waals surface area contributed by atoms with Crippen LogP contribution >= 0.6 is 11.8 Å². The molecule has 1 N–H and O–H groups in total. The number of nitrogens with zero attached hydrogens (tertiary/aromatic N) is 3. The highest BCUT2D eigenvalue weighted by Gasteiger charge is 2.40. The second-order valence-corrected chi connectivity index (χ2v) is 6.43. The minimum absolute atomic E-state index is 0.271. The van der Waals surface area contributed by atoms with Crippen LogP contribution < -0.4 is 4.90 Å². The van der Waals surface area contributed by atoms with Gasteiger partial charge in [-0.3, -0.25) is 14.5 Å². The van der Waals surface area contributed by atoms with Gasteiger partial charge in [0.25, 0.3) is 0 Å². The van der Waals surface area contributed by atoms with Gasteiger partial charge in [-0.25, -0.2) is 0 Å². The first-order valence-electron chi connectivity index (χ1n) is 7.50. The van der Waals surface area contributed by atoms with Crippen molar-refractivity contribution < 1.29 is 19.1 Å². The van der Waals surface area contributed by atoms with Crippen molar-refractivity contribution in [2.75, 3.05) is 4.90 Å². The number of hydrogen-bond donors (Lipinski definition) is 1. The summed E-state index contributed by atoms with van der Waals surface area (Å²) in [5, 5.41) is 16.9. The first-order chi connectivity index (χ1) is 12.1. The van der Waals surface area contributed by atoms with Gasteiger partial charge in [-0.1, -0.05) is 30.0 Å². The Bertz CT molecular complexity index is 831. The van der Waals surface area contributed by atoms with Crippen molar-refractivity contribution in [2.24, 2.45) is 10.2 Å². The number of thioether (sulfide) groups is 1. The number of rotatable bonds is 5. The number of carboxylic acids is 1. The fourth-order valence-corrected chi connectivity index (χ4v) is 3.37. The standard InChI is InChI=1S/C17H15N3O4S/c1-11(13-8-5-9-24-13)18-19-17-20(12-6-3-2-4-7-12)16(23)14(25-17)10-15(21)22/h2-9,14H,10H2,1H3,(H,21,22)/b18-11+,19-17-/t14-/m1/s1. The van der Waals surface area contributed by atoms with E-state index < -0.39 is 11.2 Å². The molecule has 0 bridgehead atoms. The molecule has 0 unspecified atom stereocenters. The van der Waals surface area contributed by atoms with E-state index >= 15 is 0 Å². The number of amidine groups is 1. The van der Waals surface area contributed by atoms with Crippen LogP contribution in [0.3, 0.4) is 0 Å². The predicted octanol–water partition coefficient (Wildman–Crippen LogP) is 2.98. The molecule has 128 valence electrons. The molecule has 1 fully saturated rings. The summed E-state index contributed by atoms with van der Waals surface area (Å²) in [7, 11) is 0. The SMILES string of the molecule is C/C(=N\N=C1/S[C@H](CC(=O)O)C(=O)N1c1ccccc1)c1ccco1. The van der Waals surface area contributed by atoms with E-state index in [-0.39, 0.29) is 12.3 Å². The van der Waals surface area contributed by atoms with Crippen molar-refractivity contribution >= 4 is 40.2 Å². The topological polar surface area (TPSA) is 95.5 Å². The summed E-state index contributed by atoms with van der Waals surface area (Å²) in [6.07, 6.45) is 1.27. The van der Waals surface area contributed by atoms with E-state index in [9.17, 15) is 9.59 Å². The molecule has 1 aromatic heterocycles. The number of carboxylic acid groups (broad SMARTS) is 1. The average molecular weight is 357 g/mol. The van der Waals surface area contributed by atoms with Crippen molar-refractivity contribution in [2.45, 2.75) is 18.6 Å². The van der Waals surface area contributed by atoms with Gasteiger partial charge in [-0.2, -0.15) is 0 Å². The number of amides is 1. The first kappa shape index (κ1) is 17.0. The number of furan rings is 1. The summed E-state index contributed by atoms with van der Waals surface area (Å²) in [6.45, 7) is 1.74. The van der Waals surface area contributed by atoms with Gasteiger partial charge >= 0.3 is 5.97 Å². The lowest BCUT2D eigenvalue weighted by Gasteiger charge is -2.15. The third-order valence-electron chi connectivity index (χ3n) is 3.47. The van der Waals surface area contributed by atoms with Gasteiger partial charge in [0, 0.05) is 0 Å². The molecule has 25 heavy (non-hydrogen) atoms. The smallest absolute Gasteiger partial charge is 0.305 e. The van der Waals surface area contributed by atoms with Crippen molar-refractivity contribution in [3.63, 3.8) is 0 Å². The van der Waals surface area contributed by atoms with E-state index in [1.54, 1.807) is 43.3 Å². The van der Waals surface area contributed by atoms with E-state index in [1.807, 2.05) is 6.07 Å². The molecule has 8 heteroatoms. The molecule has 0 saturated carbocycles.